The zero-order valence-corrected chi connectivity index (χ0v) is 20.5. The van der Waals surface area contributed by atoms with Gasteiger partial charge in [0.15, 0.2) is 11.5 Å². The quantitative estimate of drug-likeness (QED) is 0.263. The summed E-state index contributed by atoms with van der Waals surface area (Å²) in [4.78, 5) is 12.1. The maximum Gasteiger partial charge on any atom is 0.244 e. The number of carbonyl (C=O) groups is 1. The number of ether oxygens (including phenoxy) is 2. The Morgan fingerprint density at radius 1 is 1.06 bits per heavy atom. The van der Waals surface area contributed by atoms with E-state index in [4.69, 9.17) is 21.1 Å². The topological polar surface area (TPSA) is 59.9 Å². The van der Waals surface area contributed by atoms with Crippen LogP contribution in [-0.4, -0.2) is 19.2 Å². The van der Waals surface area contributed by atoms with Crippen molar-refractivity contribution in [2.24, 2.45) is 5.10 Å². The summed E-state index contributed by atoms with van der Waals surface area (Å²) >= 11 is 12.8. The molecular formula is C23H19Br2ClN2O3. The van der Waals surface area contributed by atoms with Crippen LogP contribution in [0.25, 0.3) is 0 Å². The summed E-state index contributed by atoms with van der Waals surface area (Å²) in [6.07, 6.45) is 1.80. The van der Waals surface area contributed by atoms with Gasteiger partial charge in [0.1, 0.15) is 6.61 Å². The van der Waals surface area contributed by atoms with Gasteiger partial charge in [-0.25, -0.2) is 5.43 Å². The van der Waals surface area contributed by atoms with E-state index in [1.54, 1.807) is 19.4 Å². The molecule has 0 radical (unpaired) electrons. The summed E-state index contributed by atoms with van der Waals surface area (Å²) in [5, 5.41) is 4.72. The number of amides is 1. The van der Waals surface area contributed by atoms with Crippen LogP contribution in [0.5, 0.6) is 11.5 Å². The van der Waals surface area contributed by atoms with Gasteiger partial charge in [0.05, 0.1) is 24.2 Å². The molecule has 1 amide bonds. The van der Waals surface area contributed by atoms with E-state index in [-0.39, 0.29) is 12.3 Å². The normalized spacial score (nSPS) is 10.8. The van der Waals surface area contributed by atoms with Crippen molar-refractivity contribution in [2.75, 3.05) is 7.11 Å². The SMILES string of the molecule is COc1cc(/C=N/NC(=O)Cc2ccc(Br)cc2)cc(Br)c1OCc1ccc(Cl)cc1. The number of nitrogens with zero attached hydrogens (tertiary/aromatic N) is 1. The van der Waals surface area contributed by atoms with Gasteiger partial charge in [-0.1, -0.05) is 51.8 Å². The fourth-order valence-electron chi connectivity index (χ4n) is 2.70. The van der Waals surface area contributed by atoms with Gasteiger partial charge in [0.25, 0.3) is 0 Å². The molecule has 31 heavy (non-hydrogen) atoms. The molecule has 0 fully saturated rings. The molecule has 0 aliphatic rings. The Balaban J connectivity index is 1.62. The number of hydrazone groups is 1. The van der Waals surface area contributed by atoms with Crippen molar-refractivity contribution in [2.45, 2.75) is 13.0 Å². The first-order chi connectivity index (χ1) is 14.9. The van der Waals surface area contributed by atoms with Crippen LogP contribution in [0.4, 0.5) is 0 Å². The number of benzene rings is 3. The zero-order valence-electron chi connectivity index (χ0n) is 16.6. The van der Waals surface area contributed by atoms with Gasteiger partial charge < -0.3 is 9.47 Å². The average molecular weight is 567 g/mol. The van der Waals surface area contributed by atoms with Crippen LogP contribution in [0.3, 0.4) is 0 Å². The average Bonchev–Trinajstić information content (AvgIpc) is 2.75. The molecule has 0 atom stereocenters. The standard InChI is InChI=1S/C23H19Br2ClN2O3/c1-30-21-11-17(13-27-28-22(29)12-15-2-6-18(24)7-3-15)10-20(25)23(21)31-14-16-4-8-19(26)9-5-16/h2-11,13H,12,14H2,1H3,(H,28,29)/b27-13+. The van der Waals surface area contributed by atoms with Crippen molar-refractivity contribution in [1.29, 1.82) is 0 Å². The molecule has 0 spiro atoms. The highest BCUT2D eigenvalue weighted by molar-refractivity contribution is 9.10. The third kappa shape index (κ3) is 7.09. The minimum atomic E-state index is -0.201. The predicted octanol–water partition coefficient (Wildman–Crippen LogP) is 6.15. The molecule has 0 bridgehead atoms. The van der Waals surface area contributed by atoms with E-state index in [2.05, 4.69) is 42.4 Å². The molecule has 0 aliphatic heterocycles. The summed E-state index contributed by atoms with van der Waals surface area (Å²) in [6.45, 7) is 0.367. The van der Waals surface area contributed by atoms with E-state index in [1.165, 1.54) is 0 Å². The van der Waals surface area contributed by atoms with Crippen molar-refractivity contribution >= 4 is 55.6 Å². The fourth-order valence-corrected chi connectivity index (χ4v) is 3.66. The van der Waals surface area contributed by atoms with Crippen molar-refractivity contribution in [3.63, 3.8) is 0 Å². The van der Waals surface area contributed by atoms with E-state index < -0.39 is 0 Å². The first-order valence-corrected chi connectivity index (χ1v) is 11.2. The molecule has 0 heterocycles. The Morgan fingerprint density at radius 2 is 1.74 bits per heavy atom. The lowest BCUT2D eigenvalue weighted by Gasteiger charge is -2.13. The van der Waals surface area contributed by atoms with E-state index >= 15 is 0 Å². The maximum atomic E-state index is 12.1. The lowest BCUT2D eigenvalue weighted by Crippen LogP contribution is -2.19. The molecule has 1 N–H and O–H groups in total. The van der Waals surface area contributed by atoms with Crippen molar-refractivity contribution < 1.29 is 14.3 Å². The van der Waals surface area contributed by atoms with Crippen LogP contribution < -0.4 is 14.9 Å². The predicted molar refractivity (Wildman–Crippen MR) is 130 cm³/mol. The van der Waals surface area contributed by atoms with Gasteiger partial charge in [-0.05, 0) is 69.0 Å². The lowest BCUT2D eigenvalue weighted by atomic mass is 10.1. The fraction of sp³-hybridized carbons (Fsp3) is 0.130. The Kier molecular flexibility index (Phi) is 8.51. The molecule has 0 saturated heterocycles. The molecule has 5 nitrogen and oxygen atoms in total. The van der Waals surface area contributed by atoms with E-state index in [1.807, 2.05) is 54.6 Å². The number of nitrogens with one attached hydrogen (secondary N) is 1. The third-order valence-electron chi connectivity index (χ3n) is 4.23. The summed E-state index contributed by atoms with van der Waals surface area (Å²) < 4.78 is 13.1. The highest BCUT2D eigenvalue weighted by Crippen LogP contribution is 2.36. The van der Waals surface area contributed by atoms with Crippen LogP contribution in [-0.2, 0) is 17.8 Å². The van der Waals surface area contributed by atoms with Crippen LogP contribution in [0.15, 0.2) is 74.7 Å². The van der Waals surface area contributed by atoms with E-state index in [0.717, 1.165) is 21.2 Å². The molecule has 3 rings (SSSR count). The molecule has 0 aliphatic carbocycles. The molecule has 8 heteroatoms. The Hall–Kier alpha value is -2.35. The van der Waals surface area contributed by atoms with Gasteiger partial charge in [-0.2, -0.15) is 5.10 Å². The highest BCUT2D eigenvalue weighted by Gasteiger charge is 2.12. The van der Waals surface area contributed by atoms with Gasteiger partial charge in [-0.15, -0.1) is 0 Å². The lowest BCUT2D eigenvalue weighted by molar-refractivity contribution is -0.120. The Bertz CT molecular complexity index is 1070. The minimum Gasteiger partial charge on any atom is -0.493 e. The van der Waals surface area contributed by atoms with Crippen molar-refractivity contribution in [1.82, 2.24) is 5.43 Å². The van der Waals surface area contributed by atoms with Gasteiger partial charge >= 0.3 is 0 Å². The number of hydrogen-bond donors (Lipinski definition) is 1. The Labute approximate surface area is 202 Å². The number of rotatable bonds is 8. The molecule has 0 saturated carbocycles. The second-order valence-corrected chi connectivity index (χ2v) is 8.75. The zero-order chi connectivity index (χ0) is 22.2. The maximum absolute atomic E-state index is 12.1. The second kappa shape index (κ2) is 11.3. The van der Waals surface area contributed by atoms with E-state index in [0.29, 0.717) is 27.6 Å². The van der Waals surface area contributed by atoms with Gasteiger partial charge in [0.2, 0.25) is 5.91 Å². The number of halogens is 3. The summed E-state index contributed by atoms with van der Waals surface area (Å²) in [5.74, 6) is 0.923. The van der Waals surface area contributed by atoms with Crippen molar-refractivity contribution in [3.8, 4) is 11.5 Å². The second-order valence-electron chi connectivity index (χ2n) is 6.55. The van der Waals surface area contributed by atoms with Gasteiger partial charge in [0, 0.05) is 9.50 Å². The summed E-state index contributed by atoms with van der Waals surface area (Å²) in [6, 6.07) is 18.6. The van der Waals surface area contributed by atoms with Crippen LogP contribution >= 0.6 is 43.5 Å². The molecule has 0 aromatic heterocycles. The summed E-state index contributed by atoms with van der Waals surface area (Å²) in [5.41, 5.74) is 5.17. The smallest absolute Gasteiger partial charge is 0.244 e. The van der Waals surface area contributed by atoms with Crippen LogP contribution in [0, 0.1) is 0 Å². The summed E-state index contributed by atoms with van der Waals surface area (Å²) in [7, 11) is 1.57. The molecule has 0 unspecified atom stereocenters. The van der Waals surface area contributed by atoms with Crippen LogP contribution in [0.2, 0.25) is 5.02 Å². The molecule has 3 aromatic carbocycles. The first kappa shape index (κ1) is 23.3. The number of carbonyl (C=O) groups excluding carboxylic acids is 1. The van der Waals surface area contributed by atoms with Crippen LogP contribution in [0.1, 0.15) is 16.7 Å². The molecule has 160 valence electrons. The number of methoxy groups -OCH3 is 1. The monoisotopic (exact) mass is 564 g/mol. The van der Waals surface area contributed by atoms with Gasteiger partial charge in [-0.3, -0.25) is 4.79 Å². The minimum absolute atomic E-state index is 0.201. The highest BCUT2D eigenvalue weighted by atomic mass is 79.9. The van der Waals surface area contributed by atoms with Crippen molar-refractivity contribution in [3.05, 3.63) is 91.3 Å². The third-order valence-corrected chi connectivity index (χ3v) is 5.60. The largest absolute Gasteiger partial charge is 0.493 e. The Morgan fingerprint density at radius 3 is 2.42 bits per heavy atom. The number of hydrogen-bond acceptors (Lipinski definition) is 4. The molecule has 3 aromatic rings. The van der Waals surface area contributed by atoms with E-state index in [9.17, 15) is 4.79 Å². The molecular weight excluding hydrogens is 548 g/mol. The first-order valence-electron chi connectivity index (χ1n) is 9.25.